The van der Waals surface area contributed by atoms with Crippen molar-refractivity contribution in [2.45, 2.75) is 6.92 Å². The first-order valence-electron chi connectivity index (χ1n) is 4.37. The summed E-state index contributed by atoms with van der Waals surface area (Å²) in [7, 11) is 0. The first kappa shape index (κ1) is 11.7. The molecule has 78 valence electrons. The van der Waals surface area contributed by atoms with Gasteiger partial charge in [-0.15, -0.1) is 0 Å². The van der Waals surface area contributed by atoms with Gasteiger partial charge in [-0.3, -0.25) is 9.59 Å². The number of nitrogens with one attached hydrogen (secondary N) is 1. The highest BCUT2D eigenvalue weighted by molar-refractivity contribution is 9.10. The van der Waals surface area contributed by atoms with Crippen molar-refractivity contribution in [3.8, 4) is 0 Å². The number of hydrogen-bond acceptors (Lipinski definition) is 2. The van der Waals surface area contributed by atoms with Gasteiger partial charge in [0, 0.05) is 10.2 Å². The van der Waals surface area contributed by atoms with Crippen LogP contribution in [0, 0.1) is 0 Å². The van der Waals surface area contributed by atoms with Crippen LogP contribution in [0.5, 0.6) is 0 Å². The van der Waals surface area contributed by atoms with Crippen LogP contribution in [0.1, 0.15) is 6.92 Å². The van der Waals surface area contributed by atoms with Crippen LogP contribution in [0.3, 0.4) is 0 Å². The fraction of sp³-hybridized carbons (Fsp3) is 0.0909. The summed E-state index contributed by atoms with van der Waals surface area (Å²) in [4.78, 5) is 22.4. The van der Waals surface area contributed by atoms with Gasteiger partial charge in [-0.05, 0) is 37.3 Å². The molecule has 0 aliphatic heterocycles. The molecule has 0 saturated heterocycles. The maximum atomic E-state index is 11.3. The Kier molecular flexibility index (Phi) is 4.24. The molecule has 0 aromatic heterocycles. The highest BCUT2D eigenvalue weighted by atomic mass is 79.9. The van der Waals surface area contributed by atoms with Gasteiger partial charge < -0.3 is 5.32 Å². The monoisotopic (exact) mass is 267 g/mol. The minimum Gasteiger partial charge on any atom is -0.319 e. The molecule has 0 radical (unpaired) electrons. The second-order valence-corrected chi connectivity index (χ2v) is 3.74. The van der Waals surface area contributed by atoms with Crippen molar-refractivity contribution in [2.24, 2.45) is 0 Å². The lowest BCUT2D eigenvalue weighted by Gasteiger charge is -2.01. The van der Waals surface area contributed by atoms with Crippen molar-refractivity contribution >= 4 is 33.3 Å². The third-order valence-corrected chi connectivity index (χ3v) is 2.17. The van der Waals surface area contributed by atoms with Crippen LogP contribution in [-0.4, -0.2) is 11.7 Å². The SMILES string of the molecule is C/C=C/C(=O)C(=O)Nc1ccc(Br)cc1. The predicted octanol–water partition coefficient (Wildman–Crippen LogP) is 2.53. The third kappa shape index (κ3) is 3.67. The molecule has 3 nitrogen and oxygen atoms in total. The van der Waals surface area contributed by atoms with E-state index in [1.807, 2.05) is 0 Å². The summed E-state index contributed by atoms with van der Waals surface area (Å²) in [6, 6.07) is 7.00. The molecule has 0 fully saturated rings. The molecular weight excluding hydrogens is 258 g/mol. The van der Waals surface area contributed by atoms with Crippen LogP contribution in [-0.2, 0) is 9.59 Å². The quantitative estimate of drug-likeness (QED) is 0.676. The summed E-state index contributed by atoms with van der Waals surface area (Å²) in [5.41, 5.74) is 0.598. The van der Waals surface area contributed by atoms with E-state index < -0.39 is 11.7 Å². The zero-order chi connectivity index (χ0) is 11.3. The molecule has 0 aliphatic rings. The largest absolute Gasteiger partial charge is 0.319 e. The fourth-order valence-electron chi connectivity index (χ4n) is 0.953. The fourth-order valence-corrected chi connectivity index (χ4v) is 1.22. The molecule has 1 amide bonds. The summed E-state index contributed by atoms with van der Waals surface area (Å²) in [6.45, 7) is 1.69. The Balaban J connectivity index is 2.66. The lowest BCUT2D eigenvalue weighted by atomic mass is 10.3. The van der Waals surface area contributed by atoms with Crippen LogP contribution in [0.4, 0.5) is 5.69 Å². The average Bonchev–Trinajstić information content (AvgIpc) is 2.22. The highest BCUT2D eigenvalue weighted by Gasteiger charge is 2.09. The van der Waals surface area contributed by atoms with Gasteiger partial charge in [-0.2, -0.15) is 0 Å². The van der Waals surface area contributed by atoms with Gasteiger partial charge in [0.1, 0.15) is 0 Å². The number of amides is 1. The van der Waals surface area contributed by atoms with Crippen molar-refractivity contribution < 1.29 is 9.59 Å². The molecule has 1 N–H and O–H groups in total. The van der Waals surface area contributed by atoms with Crippen molar-refractivity contribution in [1.29, 1.82) is 0 Å². The van der Waals surface area contributed by atoms with E-state index >= 15 is 0 Å². The van der Waals surface area contributed by atoms with Gasteiger partial charge in [-0.1, -0.05) is 22.0 Å². The topological polar surface area (TPSA) is 46.2 Å². The first-order chi connectivity index (χ1) is 7.13. The van der Waals surface area contributed by atoms with E-state index in [2.05, 4.69) is 21.2 Å². The lowest BCUT2D eigenvalue weighted by molar-refractivity contribution is -0.131. The first-order valence-corrected chi connectivity index (χ1v) is 5.16. The van der Waals surface area contributed by atoms with Crippen molar-refractivity contribution in [3.05, 3.63) is 40.9 Å². The molecule has 1 aromatic carbocycles. The number of rotatable bonds is 3. The van der Waals surface area contributed by atoms with E-state index in [1.165, 1.54) is 12.2 Å². The number of hydrogen-bond donors (Lipinski definition) is 1. The third-order valence-electron chi connectivity index (χ3n) is 1.64. The van der Waals surface area contributed by atoms with E-state index in [1.54, 1.807) is 31.2 Å². The van der Waals surface area contributed by atoms with Crippen molar-refractivity contribution in [3.63, 3.8) is 0 Å². The molecule has 0 spiro atoms. The van der Waals surface area contributed by atoms with Gasteiger partial charge in [0.15, 0.2) is 0 Å². The van der Waals surface area contributed by atoms with E-state index in [9.17, 15) is 9.59 Å². The zero-order valence-corrected chi connectivity index (χ0v) is 9.74. The number of allylic oxidation sites excluding steroid dienone is 1. The Bertz CT molecular complexity index is 396. The van der Waals surface area contributed by atoms with Gasteiger partial charge in [0.05, 0.1) is 0 Å². The van der Waals surface area contributed by atoms with Crippen molar-refractivity contribution in [2.75, 3.05) is 5.32 Å². The summed E-state index contributed by atoms with van der Waals surface area (Å²) >= 11 is 3.27. The van der Waals surface area contributed by atoms with E-state index in [-0.39, 0.29) is 0 Å². The summed E-state index contributed by atoms with van der Waals surface area (Å²) in [5.74, 6) is -1.18. The molecular formula is C11H10BrNO2. The Morgan fingerprint density at radius 1 is 1.27 bits per heavy atom. The van der Waals surface area contributed by atoms with E-state index in [0.717, 1.165) is 4.47 Å². The number of benzene rings is 1. The molecule has 1 rings (SSSR count). The smallest absolute Gasteiger partial charge is 0.296 e. The minimum absolute atomic E-state index is 0.555. The molecule has 0 bridgehead atoms. The minimum atomic E-state index is -0.629. The van der Waals surface area contributed by atoms with Crippen LogP contribution >= 0.6 is 15.9 Å². The summed E-state index contributed by atoms with van der Waals surface area (Å²) in [5, 5.41) is 2.49. The maximum Gasteiger partial charge on any atom is 0.296 e. The molecule has 1 aromatic rings. The van der Waals surface area contributed by atoms with Gasteiger partial charge >= 0.3 is 0 Å². The summed E-state index contributed by atoms with van der Waals surface area (Å²) in [6.07, 6.45) is 2.76. The van der Waals surface area contributed by atoms with Crippen LogP contribution < -0.4 is 5.32 Å². The lowest BCUT2D eigenvalue weighted by Crippen LogP contribution is -2.20. The Morgan fingerprint density at radius 3 is 2.40 bits per heavy atom. The predicted molar refractivity (Wildman–Crippen MR) is 62.6 cm³/mol. The highest BCUT2D eigenvalue weighted by Crippen LogP contribution is 2.13. The second-order valence-electron chi connectivity index (χ2n) is 2.83. The van der Waals surface area contributed by atoms with Crippen LogP contribution in [0.2, 0.25) is 0 Å². The molecule has 0 atom stereocenters. The second kappa shape index (κ2) is 5.46. The van der Waals surface area contributed by atoms with E-state index in [4.69, 9.17) is 0 Å². The van der Waals surface area contributed by atoms with E-state index in [0.29, 0.717) is 5.69 Å². The number of ketones is 1. The Labute approximate surface area is 96.3 Å². The molecule has 15 heavy (non-hydrogen) atoms. The number of halogens is 1. The number of anilines is 1. The molecule has 4 heteroatoms. The zero-order valence-electron chi connectivity index (χ0n) is 8.16. The molecule has 0 heterocycles. The summed E-state index contributed by atoms with van der Waals surface area (Å²) < 4.78 is 0.917. The maximum absolute atomic E-state index is 11.3. The van der Waals surface area contributed by atoms with Gasteiger partial charge in [0.2, 0.25) is 5.78 Å². The normalized spacial score (nSPS) is 10.3. The van der Waals surface area contributed by atoms with Crippen molar-refractivity contribution in [1.82, 2.24) is 0 Å². The molecule has 0 unspecified atom stereocenters. The Morgan fingerprint density at radius 2 is 1.87 bits per heavy atom. The van der Waals surface area contributed by atoms with Crippen LogP contribution in [0.25, 0.3) is 0 Å². The molecule has 0 saturated carbocycles. The van der Waals surface area contributed by atoms with Gasteiger partial charge in [0.25, 0.3) is 5.91 Å². The standard InChI is InChI=1S/C11H10BrNO2/c1-2-3-10(14)11(15)13-9-6-4-8(12)5-7-9/h2-7H,1H3,(H,13,15)/b3-2+. The van der Waals surface area contributed by atoms with Crippen LogP contribution in [0.15, 0.2) is 40.9 Å². The number of carbonyl (C=O) groups excluding carboxylic acids is 2. The van der Waals surface area contributed by atoms with Gasteiger partial charge in [-0.25, -0.2) is 0 Å². The molecule has 0 aliphatic carbocycles. The Hall–Kier alpha value is -1.42. The average molecular weight is 268 g/mol. The number of carbonyl (C=O) groups is 2.